The molecule has 1 nitrogen and oxygen atoms in total. The summed E-state index contributed by atoms with van der Waals surface area (Å²) < 4.78 is 5.77. The Kier molecular flexibility index (Phi) is 3.78. The van der Waals surface area contributed by atoms with Gasteiger partial charge in [0, 0.05) is 0 Å². The average molecular weight is 206 g/mol. The average Bonchev–Trinajstić information content (AvgIpc) is 2.15. The van der Waals surface area contributed by atoms with Crippen LogP contribution in [-0.2, 0) is 0 Å². The van der Waals surface area contributed by atoms with Gasteiger partial charge in [-0.05, 0) is 50.8 Å². The molecule has 0 saturated carbocycles. The molecule has 0 saturated heterocycles. The van der Waals surface area contributed by atoms with Crippen molar-refractivity contribution in [3.8, 4) is 5.75 Å². The molecular weight excluding hydrogens is 184 g/mol. The smallest absolute Gasteiger partial charge is 0.120 e. The number of hydrogen-bond acceptors (Lipinski definition) is 1. The van der Waals surface area contributed by atoms with Crippen molar-refractivity contribution < 1.29 is 4.74 Å². The van der Waals surface area contributed by atoms with Crippen molar-refractivity contribution in [2.75, 3.05) is 0 Å². The van der Waals surface area contributed by atoms with Gasteiger partial charge < -0.3 is 4.74 Å². The third-order valence-electron chi connectivity index (χ3n) is 2.49. The van der Waals surface area contributed by atoms with E-state index in [2.05, 4.69) is 58.9 Å². The van der Waals surface area contributed by atoms with Gasteiger partial charge in [-0.3, -0.25) is 0 Å². The van der Waals surface area contributed by atoms with Gasteiger partial charge in [0.1, 0.15) is 11.4 Å². The van der Waals surface area contributed by atoms with Gasteiger partial charge in [0.05, 0.1) is 0 Å². The molecule has 15 heavy (non-hydrogen) atoms. The van der Waals surface area contributed by atoms with Crippen LogP contribution in [0.15, 0.2) is 24.3 Å². The summed E-state index contributed by atoms with van der Waals surface area (Å²) in [5, 5.41) is 0. The SMILES string of the molecule is CCC(C)c1ccc(OC(C)(C)C)cc1. The standard InChI is InChI=1S/C14H22O/c1-6-11(2)12-7-9-13(10-8-12)15-14(3,4)5/h7-11H,6H2,1-5H3. The van der Waals surface area contributed by atoms with Gasteiger partial charge >= 0.3 is 0 Å². The first-order valence-corrected chi connectivity index (χ1v) is 5.71. The van der Waals surface area contributed by atoms with Crippen molar-refractivity contribution in [3.63, 3.8) is 0 Å². The van der Waals surface area contributed by atoms with Crippen LogP contribution in [0.5, 0.6) is 5.75 Å². The van der Waals surface area contributed by atoms with Crippen LogP contribution < -0.4 is 4.74 Å². The molecule has 0 aromatic heterocycles. The second kappa shape index (κ2) is 4.69. The van der Waals surface area contributed by atoms with E-state index in [0.717, 1.165) is 5.75 Å². The third kappa shape index (κ3) is 3.94. The summed E-state index contributed by atoms with van der Waals surface area (Å²) in [5.74, 6) is 1.59. The summed E-state index contributed by atoms with van der Waals surface area (Å²) in [6.07, 6.45) is 1.18. The van der Waals surface area contributed by atoms with Crippen LogP contribution in [0, 0.1) is 0 Å². The predicted octanol–water partition coefficient (Wildman–Crippen LogP) is 4.38. The Morgan fingerprint density at radius 2 is 1.67 bits per heavy atom. The molecule has 1 unspecified atom stereocenters. The number of ether oxygens (including phenoxy) is 1. The van der Waals surface area contributed by atoms with Crippen LogP contribution in [0.3, 0.4) is 0 Å². The maximum Gasteiger partial charge on any atom is 0.120 e. The minimum atomic E-state index is -0.113. The first-order valence-electron chi connectivity index (χ1n) is 5.71. The second-order valence-corrected chi connectivity index (χ2v) is 5.09. The Morgan fingerprint density at radius 3 is 2.07 bits per heavy atom. The second-order valence-electron chi connectivity index (χ2n) is 5.09. The maximum absolute atomic E-state index is 5.77. The molecule has 0 aliphatic heterocycles. The Bertz CT molecular complexity index is 292. The molecule has 0 spiro atoms. The molecule has 84 valence electrons. The summed E-state index contributed by atoms with van der Waals surface area (Å²) in [6, 6.07) is 8.45. The normalized spacial score (nSPS) is 13.7. The molecule has 0 fully saturated rings. The number of benzene rings is 1. The lowest BCUT2D eigenvalue weighted by Gasteiger charge is -2.21. The number of hydrogen-bond donors (Lipinski definition) is 0. The van der Waals surface area contributed by atoms with Gasteiger partial charge in [0.25, 0.3) is 0 Å². The van der Waals surface area contributed by atoms with Gasteiger partial charge in [-0.1, -0.05) is 26.0 Å². The largest absolute Gasteiger partial charge is 0.488 e. The van der Waals surface area contributed by atoms with Gasteiger partial charge in [-0.15, -0.1) is 0 Å². The van der Waals surface area contributed by atoms with E-state index < -0.39 is 0 Å². The minimum absolute atomic E-state index is 0.113. The fourth-order valence-corrected chi connectivity index (χ4v) is 1.45. The highest BCUT2D eigenvalue weighted by Gasteiger charge is 2.11. The van der Waals surface area contributed by atoms with Crippen LogP contribution in [-0.4, -0.2) is 5.60 Å². The van der Waals surface area contributed by atoms with Crippen molar-refractivity contribution >= 4 is 0 Å². The van der Waals surface area contributed by atoms with E-state index in [1.165, 1.54) is 12.0 Å². The van der Waals surface area contributed by atoms with Crippen molar-refractivity contribution in [1.82, 2.24) is 0 Å². The van der Waals surface area contributed by atoms with Crippen LogP contribution in [0.1, 0.15) is 52.5 Å². The topological polar surface area (TPSA) is 9.23 Å². The monoisotopic (exact) mass is 206 g/mol. The van der Waals surface area contributed by atoms with Crippen LogP contribution in [0.4, 0.5) is 0 Å². The van der Waals surface area contributed by atoms with E-state index in [4.69, 9.17) is 4.74 Å². The predicted molar refractivity (Wildman–Crippen MR) is 65.5 cm³/mol. The molecule has 0 radical (unpaired) electrons. The molecule has 0 aliphatic carbocycles. The first-order chi connectivity index (χ1) is 6.92. The molecule has 1 heteroatoms. The summed E-state index contributed by atoms with van der Waals surface area (Å²) in [7, 11) is 0. The van der Waals surface area contributed by atoms with Gasteiger partial charge in [0.2, 0.25) is 0 Å². The summed E-state index contributed by atoms with van der Waals surface area (Å²) >= 11 is 0. The molecule has 1 rings (SSSR count). The molecule has 0 amide bonds. The van der Waals surface area contributed by atoms with E-state index in [0.29, 0.717) is 5.92 Å². The zero-order valence-corrected chi connectivity index (χ0v) is 10.5. The third-order valence-corrected chi connectivity index (χ3v) is 2.49. The highest BCUT2D eigenvalue weighted by Crippen LogP contribution is 2.23. The van der Waals surface area contributed by atoms with Crippen LogP contribution in [0.2, 0.25) is 0 Å². The van der Waals surface area contributed by atoms with Gasteiger partial charge in [0.15, 0.2) is 0 Å². The quantitative estimate of drug-likeness (QED) is 0.713. The highest BCUT2D eigenvalue weighted by molar-refractivity contribution is 5.29. The summed E-state index contributed by atoms with van der Waals surface area (Å²) in [4.78, 5) is 0. The molecule has 1 aromatic rings. The van der Waals surface area contributed by atoms with E-state index in [1.807, 2.05) is 0 Å². The van der Waals surface area contributed by atoms with E-state index in [1.54, 1.807) is 0 Å². The zero-order chi connectivity index (χ0) is 11.5. The Morgan fingerprint density at radius 1 is 1.13 bits per heavy atom. The van der Waals surface area contributed by atoms with E-state index >= 15 is 0 Å². The Balaban J connectivity index is 2.72. The molecule has 1 atom stereocenters. The minimum Gasteiger partial charge on any atom is -0.488 e. The molecule has 0 heterocycles. The van der Waals surface area contributed by atoms with Crippen LogP contribution >= 0.6 is 0 Å². The molecule has 0 bridgehead atoms. The molecule has 0 aliphatic rings. The maximum atomic E-state index is 5.77. The fourth-order valence-electron chi connectivity index (χ4n) is 1.45. The van der Waals surface area contributed by atoms with Gasteiger partial charge in [-0.25, -0.2) is 0 Å². The highest BCUT2D eigenvalue weighted by atomic mass is 16.5. The van der Waals surface area contributed by atoms with Crippen molar-refractivity contribution in [2.24, 2.45) is 0 Å². The van der Waals surface area contributed by atoms with Crippen molar-refractivity contribution in [1.29, 1.82) is 0 Å². The Labute approximate surface area is 93.5 Å². The first kappa shape index (κ1) is 12.1. The lowest BCUT2D eigenvalue weighted by molar-refractivity contribution is 0.131. The Hall–Kier alpha value is -0.980. The summed E-state index contributed by atoms with van der Waals surface area (Å²) in [6.45, 7) is 10.7. The van der Waals surface area contributed by atoms with E-state index in [9.17, 15) is 0 Å². The molecular formula is C14H22O. The van der Waals surface area contributed by atoms with Crippen LogP contribution in [0.25, 0.3) is 0 Å². The lowest BCUT2D eigenvalue weighted by atomic mass is 9.99. The lowest BCUT2D eigenvalue weighted by Crippen LogP contribution is -2.22. The fraction of sp³-hybridized carbons (Fsp3) is 0.571. The molecule has 1 aromatic carbocycles. The summed E-state index contributed by atoms with van der Waals surface area (Å²) in [5.41, 5.74) is 1.27. The molecule has 0 N–H and O–H groups in total. The van der Waals surface area contributed by atoms with Crippen molar-refractivity contribution in [2.45, 2.75) is 52.6 Å². The number of rotatable bonds is 3. The van der Waals surface area contributed by atoms with E-state index in [-0.39, 0.29) is 5.60 Å². The zero-order valence-electron chi connectivity index (χ0n) is 10.5. The van der Waals surface area contributed by atoms with Crippen molar-refractivity contribution in [3.05, 3.63) is 29.8 Å². The van der Waals surface area contributed by atoms with Gasteiger partial charge in [-0.2, -0.15) is 0 Å².